The lowest BCUT2D eigenvalue weighted by Gasteiger charge is -2.15. The molecule has 0 fully saturated rings. The van der Waals surface area contributed by atoms with Gasteiger partial charge in [0.15, 0.2) is 6.29 Å². The number of hydrogen-bond donors (Lipinski definition) is 2. The SMILES string of the molecule is CCc1ccc(S(=O)(=O)NCC(OC)OC)cc1C(=O)O. The van der Waals surface area contributed by atoms with Crippen LogP contribution >= 0.6 is 0 Å². The summed E-state index contributed by atoms with van der Waals surface area (Å²) in [5.41, 5.74) is 0.559. The van der Waals surface area contributed by atoms with Gasteiger partial charge < -0.3 is 14.6 Å². The van der Waals surface area contributed by atoms with E-state index in [9.17, 15) is 13.2 Å². The standard InChI is InChI=1S/C13H19NO6S/c1-4-9-5-6-10(7-11(9)13(15)16)21(17,18)14-8-12(19-2)20-3/h5-7,12,14H,4,8H2,1-3H3,(H,15,16). The Kier molecular flexibility index (Phi) is 6.28. The molecule has 0 heterocycles. The van der Waals surface area contributed by atoms with Crippen molar-refractivity contribution in [3.05, 3.63) is 29.3 Å². The van der Waals surface area contributed by atoms with Crippen LogP contribution in [0.4, 0.5) is 0 Å². The number of nitrogens with one attached hydrogen (secondary N) is 1. The van der Waals surface area contributed by atoms with Gasteiger partial charge in [0.25, 0.3) is 0 Å². The molecular formula is C13H19NO6S. The van der Waals surface area contributed by atoms with E-state index >= 15 is 0 Å². The smallest absolute Gasteiger partial charge is 0.336 e. The van der Waals surface area contributed by atoms with Crippen LogP contribution in [0.1, 0.15) is 22.8 Å². The Hall–Kier alpha value is -1.48. The Labute approximate surface area is 123 Å². The van der Waals surface area contributed by atoms with E-state index in [1.165, 1.54) is 26.4 Å². The molecule has 2 N–H and O–H groups in total. The van der Waals surface area contributed by atoms with Crippen molar-refractivity contribution in [1.82, 2.24) is 4.72 Å². The third kappa shape index (κ3) is 4.50. The summed E-state index contributed by atoms with van der Waals surface area (Å²) in [6, 6.07) is 4.03. The number of ether oxygens (including phenoxy) is 2. The number of carboxylic acid groups (broad SMARTS) is 1. The first-order chi connectivity index (χ1) is 9.85. The van der Waals surface area contributed by atoms with Gasteiger partial charge in [-0.05, 0) is 24.1 Å². The van der Waals surface area contributed by atoms with E-state index in [0.29, 0.717) is 12.0 Å². The molecule has 0 aliphatic carbocycles. The van der Waals surface area contributed by atoms with Crippen molar-refractivity contribution in [1.29, 1.82) is 0 Å². The zero-order valence-electron chi connectivity index (χ0n) is 12.1. The quantitative estimate of drug-likeness (QED) is 0.689. The molecule has 1 aromatic carbocycles. The van der Waals surface area contributed by atoms with E-state index in [4.69, 9.17) is 14.6 Å². The molecule has 0 aliphatic heterocycles. The van der Waals surface area contributed by atoms with Gasteiger partial charge in [-0.3, -0.25) is 0 Å². The molecule has 8 heteroatoms. The van der Waals surface area contributed by atoms with Crippen LogP contribution < -0.4 is 4.72 Å². The molecule has 0 aromatic heterocycles. The maximum absolute atomic E-state index is 12.1. The van der Waals surface area contributed by atoms with Crippen LogP contribution in [0, 0.1) is 0 Å². The van der Waals surface area contributed by atoms with Crippen LogP contribution in [-0.2, 0) is 25.9 Å². The van der Waals surface area contributed by atoms with Gasteiger partial charge in [-0.1, -0.05) is 13.0 Å². The highest BCUT2D eigenvalue weighted by Crippen LogP contribution is 2.17. The van der Waals surface area contributed by atoms with Crippen LogP contribution in [0.5, 0.6) is 0 Å². The lowest BCUT2D eigenvalue weighted by molar-refractivity contribution is -0.0960. The molecule has 21 heavy (non-hydrogen) atoms. The van der Waals surface area contributed by atoms with E-state index < -0.39 is 22.3 Å². The van der Waals surface area contributed by atoms with E-state index in [1.54, 1.807) is 6.92 Å². The van der Waals surface area contributed by atoms with E-state index in [0.717, 1.165) is 6.07 Å². The zero-order chi connectivity index (χ0) is 16.0. The number of hydrogen-bond acceptors (Lipinski definition) is 5. The fourth-order valence-corrected chi connectivity index (χ4v) is 2.80. The first-order valence-electron chi connectivity index (χ1n) is 6.27. The Morgan fingerprint density at radius 3 is 2.43 bits per heavy atom. The lowest BCUT2D eigenvalue weighted by atomic mass is 10.1. The average molecular weight is 317 g/mol. The predicted octanol–water partition coefficient (Wildman–Crippen LogP) is 0.844. The maximum Gasteiger partial charge on any atom is 0.336 e. The highest BCUT2D eigenvalue weighted by Gasteiger charge is 2.19. The first kappa shape index (κ1) is 17.6. The van der Waals surface area contributed by atoms with Gasteiger partial charge in [-0.25, -0.2) is 17.9 Å². The largest absolute Gasteiger partial charge is 0.478 e. The summed E-state index contributed by atoms with van der Waals surface area (Å²) in [6.45, 7) is 1.73. The third-order valence-electron chi connectivity index (χ3n) is 2.97. The minimum Gasteiger partial charge on any atom is -0.478 e. The second-order valence-corrected chi connectivity index (χ2v) is 6.00. The van der Waals surface area contributed by atoms with Crippen LogP contribution in [-0.4, -0.2) is 46.5 Å². The number of sulfonamides is 1. The molecule has 1 rings (SSSR count). The van der Waals surface area contributed by atoms with Gasteiger partial charge >= 0.3 is 5.97 Å². The topological polar surface area (TPSA) is 102 Å². The van der Waals surface area contributed by atoms with Crippen molar-refractivity contribution in [3.8, 4) is 0 Å². The summed E-state index contributed by atoms with van der Waals surface area (Å²) in [4.78, 5) is 11.1. The average Bonchev–Trinajstić information content (AvgIpc) is 2.47. The molecule has 0 bridgehead atoms. The fourth-order valence-electron chi connectivity index (χ4n) is 1.75. The summed E-state index contributed by atoms with van der Waals surface area (Å²) >= 11 is 0. The molecule has 7 nitrogen and oxygen atoms in total. The fraction of sp³-hybridized carbons (Fsp3) is 0.462. The monoisotopic (exact) mass is 317 g/mol. The summed E-state index contributed by atoms with van der Waals surface area (Å²) in [5.74, 6) is -1.16. The third-order valence-corrected chi connectivity index (χ3v) is 4.39. The molecule has 0 unspecified atom stereocenters. The molecule has 118 valence electrons. The molecular weight excluding hydrogens is 298 g/mol. The predicted molar refractivity (Wildman–Crippen MR) is 75.8 cm³/mol. The highest BCUT2D eigenvalue weighted by molar-refractivity contribution is 7.89. The number of aryl methyl sites for hydroxylation is 1. The first-order valence-corrected chi connectivity index (χ1v) is 7.75. The molecule has 0 atom stereocenters. The lowest BCUT2D eigenvalue weighted by Crippen LogP contribution is -2.34. The van der Waals surface area contributed by atoms with Crippen molar-refractivity contribution in [2.75, 3.05) is 20.8 Å². The molecule has 0 saturated carbocycles. The Bertz CT molecular complexity index is 595. The van der Waals surface area contributed by atoms with Crippen LogP contribution in [0.3, 0.4) is 0 Å². The minimum absolute atomic E-state index is 0.0181. The number of methoxy groups -OCH3 is 2. The number of carbonyl (C=O) groups is 1. The van der Waals surface area contributed by atoms with Crippen molar-refractivity contribution in [2.45, 2.75) is 24.5 Å². The van der Waals surface area contributed by atoms with Gasteiger partial charge in [-0.15, -0.1) is 0 Å². The Balaban J connectivity index is 3.03. The summed E-state index contributed by atoms with van der Waals surface area (Å²) in [5, 5.41) is 9.13. The van der Waals surface area contributed by atoms with E-state index in [2.05, 4.69) is 4.72 Å². The molecule has 0 spiro atoms. The van der Waals surface area contributed by atoms with Crippen molar-refractivity contribution < 1.29 is 27.8 Å². The second kappa shape index (κ2) is 7.51. The van der Waals surface area contributed by atoms with E-state index in [1.807, 2.05) is 0 Å². The summed E-state index contributed by atoms with van der Waals surface area (Å²) in [6.07, 6.45) is -0.209. The molecule has 0 saturated heterocycles. The number of carboxylic acids is 1. The van der Waals surface area contributed by atoms with Crippen LogP contribution in [0.2, 0.25) is 0 Å². The van der Waals surface area contributed by atoms with Crippen molar-refractivity contribution in [3.63, 3.8) is 0 Å². The van der Waals surface area contributed by atoms with Crippen molar-refractivity contribution >= 4 is 16.0 Å². The molecule has 0 radical (unpaired) electrons. The van der Waals surface area contributed by atoms with Gasteiger partial charge in [-0.2, -0.15) is 0 Å². The summed E-state index contributed by atoms with van der Waals surface area (Å²) < 4.78 is 36.3. The normalized spacial score (nSPS) is 11.8. The molecule has 1 aromatic rings. The second-order valence-electron chi connectivity index (χ2n) is 4.23. The van der Waals surface area contributed by atoms with Crippen LogP contribution in [0.25, 0.3) is 0 Å². The number of aromatic carboxylic acids is 1. The van der Waals surface area contributed by atoms with Crippen LogP contribution in [0.15, 0.2) is 23.1 Å². The molecule has 0 aliphatic rings. The number of rotatable bonds is 8. The van der Waals surface area contributed by atoms with E-state index in [-0.39, 0.29) is 17.0 Å². The van der Waals surface area contributed by atoms with Gasteiger partial charge in [0.05, 0.1) is 17.0 Å². The highest BCUT2D eigenvalue weighted by atomic mass is 32.2. The van der Waals surface area contributed by atoms with Gasteiger partial charge in [0.1, 0.15) is 0 Å². The molecule has 0 amide bonds. The Morgan fingerprint density at radius 2 is 1.95 bits per heavy atom. The van der Waals surface area contributed by atoms with Gasteiger partial charge in [0, 0.05) is 14.2 Å². The Morgan fingerprint density at radius 1 is 1.33 bits per heavy atom. The maximum atomic E-state index is 12.1. The summed E-state index contributed by atoms with van der Waals surface area (Å²) in [7, 11) is -1.05. The minimum atomic E-state index is -3.83. The van der Waals surface area contributed by atoms with Gasteiger partial charge in [0.2, 0.25) is 10.0 Å². The number of benzene rings is 1. The van der Waals surface area contributed by atoms with Crippen molar-refractivity contribution in [2.24, 2.45) is 0 Å². The zero-order valence-corrected chi connectivity index (χ0v) is 12.9.